The summed E-state index contributed by atoms with van der Waals surface area (Å²) >= 11 is 4.39. The van der Waals surface area contributed by atoms with Gasteiger partial charge in [0.25, 0.3) is 5.78 Å². The standard InChI is InChI=1S/C32H27BrN2O6S/c1-4-40-31(39)29-19(3)34-32(42-29)35-26(21-10-12-22(33)13-11-21)25(28(37)30(35)38)27(36)24-15-14-23(16-18(24)2)41-17-20-8-6-5-7-9-20/h5-16,26,36H,4,17H2,1-3H3/t26-/m0/s1. The molecule has 42 heavy (non-hydrogen) atoms. The fourth-order valence-corrected chi connectivity index (χ4v) is 5.99. The third-order valence-corrected chi connectivity index (χ3v) is 8.45. The Labute approximate surface area is 255 Å². The number of ketones is 1. The molecule has 4 aromatic rings. The van der Waals surface area contributed by atoms with Gasteiger partial charge in [-0.25, -0.2) is 9.78 Å². The van der Waals surface area contributed by atoms with Crippen molar-refractivity contribution in [3.8, 4) is 5.75 Å². The lowest BCUT2D eigenvalue weighted by molar-refractivity contribution is -0.132. The Balaban J connectivity index is 1.57. The fraction of sp³-hybridized carbons (Fsp3) is 0.188. The van der Waals surface area contributed by atoms with Crippen LogP contribution in [0.4, 0.5) is 5.13 Å². The maximum Gasteiger partial charge on any atom is 0.350 e. The lowest BCUT2D eigenvalue weighted by Crippen LogP contribution is -2.29. The lowest BCUT2D eigenvalue weighted by atomic mass is 9.94. The zero-order valence-corrected chi connectivity index (χ0v) is 25.5. The van der Waals surface area contributed by atoms with Gasteiger partial charge >= 0.3 is 11.9 Å². The zero-order chi connectivity index (χ0) is 30.0. The van der Waals surface area contributed by atoms with Crippen molar-refractivity contribution in [2.45, 2.75) is 33.4 Å². The number of anilines is 1. The SMILES string of the molecule is CCOC(=O)c1sc(N2C(=O)C(=O)C(=C(O)c3ccc(OCc4ccccc4)cc3C)[C@@H]2c2ccc(Br)cc2)nc1C. The topological polar surface area (TPSA) is 106 Å². The number of hydrogen-bond acceptors (Lipinski definition) is 8. The number of carbonyl (C=O) groups is 3. The Morgan fingerprint density at radius 3 is 2.43 bits per heavy atom. The van der Waals surface area contributed by atoms with E-state index in [1.165, 1.54) is 4.90 Å². The summed E-state index contributed by atoms with van der Waals surface area (Å²) in [5.41, 5.74) is 2.96. The number of rotatable bonds is 8. The van der Waals surface area contributed by atoms with Crippen LogP contribution in [0.3, 0.4) is 0 Å². The number of aryl methyl sites for hydroxylation is 2. The Bertz CT molecular complexity index is 1700. The number of halogens is 1. The maximum absolute atomic E-state index is 13.6. The van der Waals surface area contributed by atoms with Crippen molar-refractivity contribution in [3.63, 3.8) is 0 Å². The average Bonchev–Trinajstić information content (AvgIpc) is 3.49. The van der Waals surface area contributed by atoms with Crippen molar-refractivity contribution in [2.75, 3.05) is 11.5 Å². The molecule has 3 aromatic carbocycles. The lowest BCUT2D eigenvalue weighted by Gasteiger charge is -2.23. The Kier molecular flexibility index (Phi) is 8.56. The number of aliphatic hydroxyl groups is 1. The van der Waals surface area contributed by atoms with E-state index >= 15 is 0 Å². The smallest absolute Gasteiger partial charge is 0.350 e. The normalized spacial score (nSPS) is 16.1. The minimum Gasteiger partial charge on any atom is -0.507 e. The number of benzene rings is 3. The number of esters is 1. The van der Waals surface area contributed by atoms with Crippen LogP contribution >= 0.6 is 27.3 Å². The number of aromatic nitrogens is 1. The van der Waals surface area contributed by atoms with E-state index in [2.05, 4.69) is 20.9 Å². The molecule has 1 aliphatic rings. The molecule has 0 bridgehead atoms. The number of nitrogens with zero attached hydrogens (tertiary/aromatic N) is 2. The van der Waals surface area contributed by atoms with Crippen molar-refractivity contribution in [1.82, 2.24) is 4.98 Å². The summed E-state index contributed by atoms with van der Waals surface area (Å²) in [7, 11) is 0. The predicted molar refractivity (Wildman–Crippen MR) is 164 cm³/mol. The van der Waals surface area contributed by atoms with Crippen LogP contribution in [-0.2, 0) is 20.9 Å². The minimum absolute atomic E-state index is 0.0751. The van der Waals surface area contributed by atoms with E-state index < -0.39 is 23.7 Å². The van der Waals surface area contributed by atoms with Crippen LogP contribution in [0.15, 0.2) is 82.8 Å². The second-order valence-electron chi connectivity index (χ2n) is 9.60. The van der Waals surface area contributed by atoms with E-state index in [1.54, 1.807) is 63.2 Å². The molecule has 2 heterocycles. The highest BCUT2D eigenvalue weighted by Crippen LogP contribution is 2.44. The average molecular weight is 648 g/mol. The first-order valence-electron chi connectivity index (χ1n) is 13.2. The van der Waals surface area contributed by atoms with E-state index in [9.17, 15) is 19.5 Å². The van der Waals surface area contributed by atoms with Gasteiger partial charge in [0.05, 0.1) is 23.9 Å². The molecule has 1 aliphatic heterocycles. The van der Waals surface area contributed by atoms with Crippen molar-refractivity contribution < 1.29 is 29.0 Å². The molecule has 0 saturated carbocycles. The van der Waals surface area contributed by atoms with Crippen LogP contribution in [0.25, 0.3) is 5.76 Å². The van der Waals surface area contributed by atoms with Gasteiger partial charge in [0.2, 0.25) is 0 Å². The molecule has 5 rings (SSSR count). The van der Waals surface area contributed by atoms with Crippen LogP contribution in [0.1, 0.15) is 50.6 Å². The van der Waals surface area contributed by atoms with E-state index in [0.717, 1.165) is 21.4 Å². The molecule has 1 N–H and O–H groups in total. The highest BCUT2D eigenvalue weighted by Gasteiger charge is 2.48. The first-order valence-corrected chi connectivity index (χ1v) is 14.8. The first kappa shape index (κ1) is 29.2. The monoisotopic (exact) mass is 646 g/mol. The maximum atomic E-state index is 13.6. The molecule has 10 heteroatoms. The molecule has 0 radical (unpaired) electrons. The minimum atomic E-state index is -0.980. The molecule has 1 aromatic heterocycles. The van der Waals surface area contributed by atoms with Gasteiger partial charge in [0, 0.05) is 10.0 Å². The molecule has 1 amide bonds. The summed E-state index contributed by atoms with van der Waals surface area (Å²) in [5, 5.41) is 11.8. The summed E-state index contributed by atoms with van der Waals surface area (Å²) in [6, 6.07) is 21.0. The number of carbonyl (C=O) groups excluding carboxylic acids is 3. The molecule has 1 atom stereocenters. The second kappa shape index (κ2) is 12.3. The number of aliphatic hydroxyl groups excluding tert-OH is 1. The van der Waals surface area contributed by atoms with E-state index in [0.29, 0.717) is 34.7 Å². The van der Waals surface area contributed by atoms with Crippen LogP contribution < -0.4 is 9.64 Å². The van der Waals surface area contributed by atoms with Crippen LogP contribution in [0.5, 0.6) is 5.75 Å². The molecule has 1 fully saturated rings. The van der Waals surface area contributed by atoms with Gasteiger partial charge in [0.1, 0.15) is 23.0 Å². The third-order valence-electron chi connectivity index (χ3n) is 6.78. The number of hydrogen-bond donors (Lipinski definition) is 1. The molecule has 0 spiro atoms. The van der Waals surface area contributed by atoms with Crippen molar-refractivity contribution in [1.29, 1.82) is 0 Å². The summed E-state index contributed by atoms with van der Waals surface area (Å²) < 4.78 is 11.9. The van der Waals surface area contributed by atoms with Gasteiger partial charge < -0.3 is 14.6 Å². The third kappa shape index (κ3) is 5.73. The molecule has 0 unspecified atom stereocenters. The molecular weight excluding hydrogens is 620 g/mol. The van der Waals surface area contributed by atoms with E-state index in [4.69, 9.17) is 9.47 Å². The number of thiazole rings is 1. The quantitative estimate of drug-likeness (QED) is 0.0960. The largest absolute Gasteiger partial charge is 0.507 e. The number of ether oxygens (including phenoxy) is 2. The van der Waals surface area contributed by atoms with Crippen molar-refractivity contribution in [2.24, 2.45) is 0 Å². The Morgan fingerprint density at radius 1 is 1.05 bits per heavy atom. The van der Waals surface area contributed by atoms with Crippen molar-refractivity contribution >= 4 is 55.8 Å². The van der Waals surface area contributed by atoms with Crippen LogP contribution in [0.2, 0.25) is 0 Å². The van der Waals surface area contributed by atoms with Gasteiger partial charge in [-0.15, -0.1) is 0 Å². The Hall–Kier alpha value is -4.28. The summed E-state index contributed by atoms with van der Waals surface area (Å²) in [4.78, 5) is 45.5. The highest BCUT2D eigenvalue weighted by atomic mass is 79.9. The van der Waals surface area contributed by atoms with Crippen LogP contribution in [-0.4, -0.2) is 34.4 Å². The van der Waals surface area contributed by atoms with Gasteiger partial charge in [-0.2, -0.15) is 0 Å². The number of Topliss-reactive ketones (excluding diaryl/α,β-unsaturated/α-hetero) is 1. The fourth-order valence-electron chi connectivity index (χ4n) is 4.74. The highest BCUT2D eigenvalue weighted by molar-refractivity contribution is 9.10. The van der Waals surface area contributed by atoms with Crippen LogP contribution in [0, 0.1) is 13.8 Å². The second-order valence-corrected chi connectivity index (χ2v) is 11.5. The van der Waals surface area contributed by atoms with Crippen molar-refractivity contribution in [3.05, 3.63) is 116 Å². The summed E-state index contributed by atoms with van der Waals surface area (Å²) in [6.45, 7) is 5.70. The first-order chi connectivity index (χ1) is 20.2. The summed E-state index contributed by atoms with van der Waals surface area (Å²) in [6.07, 6.45) is 0. The Morgan fingerprint density at radius 2 is 1.76 bits per heavy atom. The summed E-state index contributed by atoms with van der Waals surface area (Å²) in [5.74, 6) is -1.97. The molecular formula is C32H27BrN2O6S. The number of amides is 1. The molecule has 8 nitrogen and oxygen atoms in total. The predicted octanol–water partition coefficient (Wildman–Crippen LogP) is 6.90. The van der Waals surface area contributed by atoms with E-state index in [-0.39, 0.29) is 27.9 Å². The van der Waals surface area contributed by atoms with E-state index in [1.807, 2.05) is 30.3 Å². The molecule has 214 valence electrons. The molecule has 1 saturated heterocycles. The van der Waals surface area contributed by atoms with Gasteiger partial charge in [-0.3, -0.25) is 14.5 Å². The molecule has 0 aliphatic carbocycles. The van der Waals surface area contributed by atoms with Gasteiger partial charge in [-0.05, 0) is 67.8 Å². The van der Waals surface area contributed by atoms with Gasteiger partial charge in [0.15, 0.2) is 5.13 Å². The zero-order valence-electron chi connectivity index (χ0n) is 23.1. The van der Waals surface area contributed by atoms with Gasteiger partial charge in [-0.1, -0.05) is 69.7 Å².